The second-order valence-electron chi connectivity index (χ2n) is 5.27. The monoisotopic (exact) mass is 390 g/mol. The van der Waals surface area contributed by atoms with Crippen LogP contribution in [0.4, 0.5) is 23.2 Å². The molecule has 0 radical (unpaired) electrons. The molecular weight excluding hydrogens is 376 g/mol. The third kappa shape index (κ3) is 4.31. The van der Waals surface area contributed by atoms with Crippen LogP contribution in [0.15, 0.2) is 36.4 Å². The van der Waals surface area contributed by atoms with Gasteiger partial charge in [-0.2, -0.15) is 0 Å². The molecule has 0 heterocycles. The summed E-state index contributed by atoms with van der Waals surface area (Å²) in [6.45, 7) is -0.792. The zero-order valence-electron chi connectivity index (χ0n) is 13.5. The van der Waals surface area contributed by atoms with Crippen molar-refractivity contribution in [3.8, 4) is 0 Å². The van der Waals surface area contributed by atoms with Gasteiger partial charge in [0.15, 0.2) is 17.5 Å². The van der Waals surface area contributed by atoms with Gasteiger partial charge in [0.2, 0.25) is 10.0 Å². The number of nitrogens with one attached hydrogen (secondary N) is 1. The van der Waals surface area contributed by atoms with E-state index in [-0.39, 0.29) is 12.1 Å². The first-order chi connectivity index (χ1) is 12.1. The number of nitrogens with zero attached hydrogens (tertiary/aromatic N) is 1. The number of rotatable bonds is 6. The smallest absolute Gasteiger partial charge is 0.254 e. The fraction of sp³-hybridized carbons (Fsp3) is 0.188. The Labute approximate surface area is 147 Å². The summed E-state index contributed by atoms with van der Waals surface area (Å²) in [5.74, 6) is -6.52. The summed E-state index contributed by atoms with van der Waals surface area (Å²) >= 11 is 0. The second kappa shape index (κ2) is 7.73. The highest BCUT2D eigenvalue weighted by molar-refractivity contribution is 7.92. The van der Waals surface area contributed by atoms with Gasteiger partial charge in [0.05, 0.1) is 24.1 Å². The highest BCUT2D eigenvalue weighted by atomic mass is 32.2. The summed E-state index contributed by atoms with van der Waals surface area (Å²) in [6, 6.07) is 6.50. The Hall–Kier alpha value is -2.62. The minimum absolute atomic E-state index is 0.252. The summed E-state index contributed by atoms with van der Waals surface area (Å²) in [6.07, 6.45) is 0.742. The zero-order chi connectivity index (χ0) is 19.5. The topological polar surface area (TPSA) is 66.5 Å². The van der Waals surface area contributed by atoms with Gasteiger partial charge in [0.25, 0.3) is 5.91 Å². The number of hydrogen-bond donors (Lipinski definition) is 1. The fourth-order valence-electron chi connectivity index (χ4n) is 2.18. The zero-order valence-corrected chi connectivity index (χ0v) is 14.3. The van der Waals surface area contributed by atoms with Crippen LogP contribution >= 0.6 is 0 Å². The highest BCUT2D eigenvalue weighted by Gasteiger charge is 2.24. The van der Waals surface area contributed by atoms with Crippen LogP contribution in [0.2, 0.25) is 0 Å². The summed E-state index contributed by atoms with van der Waals surface area (Å²) < 4.78 is 78.0. The first kappa shape index (κ1) is 19.7. The van der Waals surface area contributed by atoms with Crippen molar-refractivity contribution in [3.63, 3.8) is 0 Å². The lowest BCUT2D eigenvalue weighted by molar-refractivity contribution is 0.0951. The molecule has 0 aliphatic carbocycles. The van der Waals surface area contributed by atoms with Crippen LogP contribution in [0.5, 0.6) is 0 Å². The third-order valence-electron chi connectivity index (χ3n) is 3.40. The molecule has 0 unspecified atom stereocenters. The molecule has 0 fully saturated rings. The maximum Gasteiger partial charge on any atom is 0.254 e. The SMILES string of the molecule is CS(=O)(=O)N(CCNC(=O)c1ccccc1F)c1ccc(F)c(F)c1F. The molecule has 2 rings (SSSR count). The van der Waals surface area contributed by atoms with E-state index in [0.29, 0.717) is 10.4 Å². The molecule has 2 aromatic carbocycles. The summed E-state index contributed by atoms with van der Waals surface area (Å²) in [5, 5.41) is 2.28. The number of sulfonamides is 1. The number of benzene rings is 2. The summed E-state index contributed by atoms with van der Waals surface area (Å²) in [5.41, 5.74) is -0.955. The molecule has 140 valence electrons. The molecule has 1 amide bonds. The molecule has 0 saturated carbocycles. The van der Waals surface area contributed by atoms with Crippen LogP contribution in [0, 0.1) is 23.3 Å². The van der Waals surface area contributed by atoms with Crippen LogP contribution in [-0.2, 0) is 10.0 Å². The molecule has 0 saturated heterocycles. The number of anilines is 1. The van der Waals surface area contributed by atoms with Gasteiger partial charge < -0.3 is 5.32 Å². The van der Waals surface area contributed by atoms with Crippen molar-refractivity contribution < 1.29 is 30.8 Å². The Morgan fingerprint density at radius 3 is 2.27 bits per heavy atom. The van der Waals surface area contributed by atoms with Gasteiger partial charge in [0, 0.05) is 6.54 Å². The van der Waals surface area contributed by atoms with Gasteiger partial charge in [-0.3, -0.25) is 9.10 Å². The van der Waals surface area contributed by atoms with Crippen LogP contribution in [-0.4, -0.2) is 33.7 Å². The summed E-state index contributed by atoms with van der Waals surface area (Å²) in [4.78, 5) is 11.9. The molecule has 0 aliphatic rings. The predicted octanol–water partition coefficient (Wildman–Crippen LogP) is 2.44. The van der Waals surface area contributed by atoms with Crippen molar-refractivity contribution in [1.29, 1.82) is 0 Å². The molecule has 10 heteroatoms. The van der Waals surface area contributed by atoms with Gasteiger partial charge in [-0.25, -0.2) is 26.0 Å². The van der Waals surface area contributed by atoms with Crippen molar-refractivity contribution in [3.05, 3.63) is 65.2 Å². The summed E-state index contributed by atoms with van der Waals surface area (Å²) in [7, 11) is -4.06. The minimum atomic E-state index is -4.06. The average molecular weight is 390 g/mol. The normalized spacial score (nSPS) is 11.3. The molecule has 5 nitrogen and oxygen atoms in total. The first-order valence-corrected chi connectivity index (χ1v) is 9.11. The number of carbonyl (C=O) groups is 1. The van der Waals surface area contributed by atoms with E-state index in [1.54, 1.807) is 0 Å². The second-order valence-corrected chi connectivity index (χ2v) is 7.17. The molecule has 2 aromatic rings. The van der Waals surface area contributed by atoms with Crippen LogP contribution in [0.1, 0.15) is 10.4 Å². The largest absolute Gasteiger partial charge is 0.350 e. The van der Waals surface area contributed by atoms with Crippen molar-refractivity contribution in [2.24, 2.45) is 0 Å². The van der Waals surface area contributed by atoms with Crippen LogP contribution in [0.3, 0.4) is 0 Å². The Bertz CT molecular complexity index is 935. The Morgan fingerprint density at radius 2 is 1.65 bits per heavy atom. The van der Waals surface area contributed by atoms with E-state index in [1.807, 2.05) is 0 Å². The molecular formula is C16H14F4N2O3S. The maximum atomic E-state index is 13.9. The van der Waals surface area contributed by atoms with Gasteiger partial charge in [0.1, 0.15) is 5.82 Å². The third-order valence-corrected chi connectivity index (χ3v) is 4.58. The lowest BCUT2D eigenvalue weighted by Gasteiger charge is -2.23. The quantitative estimate of drug-likeness (QED) is 0.609. The van der Waals surface area contributed by atoms with E-state index in [1.165, 1.54) is 18.2 Å². The van der Waals surface area contributed by atoms with Crippen molar-refractivity contribution in [1.82, 2.24) is 5.32 Å². The van der Waals surface area contributed by atoms with Gasteiger partial charge in [-0.15, -0.1) is 0 Å². The molecule has 0 bridgehead atoms. The number of carbonyl (C=O) groups excluding carboxylic acids is 1. The molecule has 26 heavy (non-hydrogen) atoms. The van der Waals surface area contributed by atoms with Crippen LogP contribution < -0.4 is 9.62 Å². The van der Waals surface area contributed by atoms with E-state index < -0.39 is 51.4 Å². The Kier molecular flexibility index (Phi) is 5.86. The molecule has 0 aliphatic heterocycles. The van der Waals surface area contributed by atoms with Crippen LogP contribution in [0.25, 0.3) is 0 Å². The molecule has 0 aromatic heterocycles. The number of hydrogen-bond acceptors (Lipinski definition) is 3. The number of halogens is 4. The Morgan fingerprint density at radius 1 is 1.00 bits per heavy atom. The highest BCUT2D eigenvalue weighted by Crippen LogP contribution is 2.25. The van der Waals surface area contributed by atoms with Crippen molar-refractivity contribution in [2.75, 3.05) is 23.7 Å². The minimum Gasteiger partial charge on any atom is -0.350 e. The van der Waals surface area contributed by atoms with E-state index in [9.17, 15) is 30.8 Å². The van der Waals surface area contributed by atoms with E-state index in [0.717, 1.165) is 18.4 Å². The van der Waals surface area contributed by atoms with Crippen molar-refractivity contribution in [2.45, 2.75) is 0 Å². The molecule has 0 spiro atoms. The van der Waals surface area contributed by atoms with Gasteiger partial charge in [-0.1, -0.05) is 12.1 Å². The predicted molar refractivity (Wildman–Crippen MR) is 87.2 cm³/mol. The average Bonchev–Trinajstić information content (AvgIpc) is 2.57. The lowest BCUT2D eigenvalue weighted by atomic mass is 10.2. The fourth-order valence-corrected chi connectivity index (χ4v) is 3.11. The maximum absolute atomic E-state index is 13.9. The number of amides is 1. The van der Waals surface area contributed by atoms with E-state index in [2.05, 4.69) is 5.32 Å². The molecule has 1 N–H and O–H groups in total. The van der Waals surface area contributed by atoms with Crippen molar-refractivity contribution >= 4 is 21.6 Å². The standard InChI is InChI=1S/C16H14F4N2O3S/c1-26(24,25)22(13-7-6-12(18)14(19)15(13)20)9-8-21-16(23)10-4-2-3-5-11(10)17/h2-7H,8-9H2,1H3,(H,21,23). The Balaban J connectivity index is 2.17. The van der Waals surface area contributed by atoms with Gasteiger partial charge >= 0.3 is 0 Å². The molecule has 0 atom stereocenters. The lowest BCUT2D eigenvalue weighted by Crippen LogP contribution is -2.39. The van der Waals surface area contributed by atoms with E-state index >= 15 is 0 Å². The van der Waals surface area contributed by atoms with Gasteiger partial charge in [-0.05, 0) is 24.3 Å². The first-order valence-electron chi connectivity index (χ1n) is 7.27. The van der Waals surface area contributed by atoms with E-state index in [4.69, 9.17) is 0 Å².